The smallest absolute Gasteiger partial charge is 0.425 e. The number of carbonyl (C=O) groups excluding carboxylic acids is 2. The summed E-state index contributed by atoms with van der Waals surface area (Å²) in [4.78, 5) is 24.7. The molecule has 7 heteroatoms. The van der Waals surface area contributed by atoms with Crippen LogP contribution in [-0.2, 0) is 19.7 Å². The van der Waals surface area contributed by atoms with Crippen LogP contribution >= 0.6 is 0 Å². The lowest BCUT2D eigenvalue weighted by Gasteiger charge is -2.37. The molecule has 2 aromatic rings. The summed E-state index contributed by atoms with van der Waals surface area (Å²) in [6, 6.07) is 18.3. The average Bonchev–Trinajstić information content (AvgIpc) is 2.96. The molecule has 1 amide bonds. The maximum Gasteiger partial charge on any atom is 0.425 e. The minimum Gasteiger partial charge on any atom is -0.466 e. The van der Waals surface area contributed by atoms with Crippen LogP contribution in [0.1, 0.15) is 18.1 Å². The highest BCUT2D eigenvalue weighted by Crippen LogP contribution is 2.49. The van der Waals surface area contributed by atoms with E-state index in [4.69, 9.17) is 4.74 Å². The van der Waals surface area contributed by atoms with Crippen LogP contribution in [0.15, 0.2) is 71.9 Å². The van der Waals surface area contributed by atoms with E-state index in [1.165, 1.54) is 19.2 Å². The molecule has 3 rings (SSSR count). The predicted molar refractivity (Wildman–Crippen MR) is 102 cm³/mol. The number of allylic oxidation sites excluding steroid dienone is 1. The summed E-state index contributed by atoms with van der Waals surface area (Å²) in [5.74, 6) is -0.599. The molecule has 28 heavy (non-hydrogen) atoms. The van der Waals surface area contributed by atoms with E-state index >= 15 is 0 Å². The summed E-state index contributed by atoms with van der Waals surface area (Å²) in [6.45, 7) is 1.64. The minimum atomic E-state index is -1.31. The first kappa shape index (κ1) is 19.4. The normalized spacial score (nSPS) is 18.0. The van der Waals surface area contributed by atoms with Gasteiger partial charge in [0.25, 0.3) is 0 Å². The molecule has 2 aromatic carbocycles. The maximum atomic E-state index is 12.9. The van der Waals surface area contributed by atoms with Crippen molar-refractivity contribution in [3.8, 4) is 0 Å². The molecule has 1 aliphatic rings. The molecule has 1 heterocycles. The van der Waals surface area contributed by atoms with E-state index in [1.807, 2.05) is 60.7 Å². The number of benzene rings is 2. The number of aliphatic hydroxyl groups is 1. The van der Waals surface area contributed by atoms with Crippen molar-refractivity contribution in [2.75, 3.05) is 14.2 Å². The summed E-state index contributed by atoms with van der Waals surface area (Å²) in [5, 5.41) is 12.7. The van der Waals surface area contributed by atoms with Gasteiger partial charge in [0.1, 0.15) is 5.41 Å². The van der Waals surface area contributed by atoms with Crippen LogP contribution in [0, 0.1) is 0 Å². The van der Waals surface area contributed by atoms with Crippen LogP contribution in [0.2, 0.25) is 0 Å². The van der Waals surface area contributed by atoms with Crippen molar-refractivity contribution in [2.24, 2.45) is 0 Å². The van der Waals surface area contributed by atoms with Crippen LogP contribution in [0.25, 0.3) is 0 Å². The zero-order valence-corrected chi connectivity index (χ0v) is 15.9. The van der Waals surface area contributed by atoms with Gasteiger partial charge >= 0.3 is 12.1 Å². The van der Waals surface area contributed by atoms with Gasteiger partial charge in [-0.2, -0.15) is 0 Å². The molecular weight excluding hydrogens is 360 g/mol. The number of ether oxygens (including phenoxy) is 2. The molecule has 0 saturated carbocycles. The van der Waals surface area contributed by atoms with Gasteiger partial charge in [-0.05, 0) is 18.1 Å². The zero-order chi connectivity index (χ0) is 20.3. The SMILES string of the molecule is COC(=O)NN1C(C)=C(C(=O)OC)C(c2ccccc2)(c2ccccc2)[C@@H]1O. The van der Waals surface area contributed by atoms with Gasteiger partial charge in [-0.3, -0.25) is 5.01 Å². The van der Waals surface area contributed by atoms with Gasteiger partial charge < -0.3 is 14.6 Å². The monoisotopic (exact) mass is 382 g/mol. The van der Waals surface area contributed by atoms with E-state index in [0.29, 0.717) is 16.8 Å². The van der Waals surface area contributed by atoms with Crippen LogP contribution in [0.3, 0.4) is 0 Å². The van der Waals surface area contributed by atoms with E-state index < -0.39 is 23.7 Å². The number of aliphatic hydroxyl groups excluding tert-OH is 1. The minimum absolute atomic E-state index is 0.233. The van der Waals surface area contributed by atoms with Gasteiger partial charge in [0.2, 0.25) is 0 Å². The van der Waals surface area contributed by atoms with E-state index in [0.717, 1.165) is 0 Å². The van der Waals surface area contributed by atoms with Crippen molar-refractivity contribution < 1.29 is 24.2 Å². The number of hydrogen-bond acceptors (Lipinski definition) is 6. The average molecular weight is 382 g/mol. The number of nitrogens with one attached hydrogen (secondary N) is 1. The lowest BCUT2D eigenvalue weighted by molar-refractivity contribution is -0.137. The molecule has 0 aromatic heterocycles. The van der Waals surface area contributed by atoms with E-state index in [2.05, 4.69) is 10.2 Å². The fourth-order valence-corrected chi connectivity index (χ4v) is 3.77. The van der Waals surface area contributed by atoms with Crippen molar-refractivity contribution >= 4 is 12.1 Å². The molecular formula is C21H22N2O5. The first-order valence-electron chi connectivity index (χ1n) is 8.71. The topological polar surface area (TPSA) is 88.1 Å². The third-order valence-electron chi connectivity index (χ3n) is 4.99. The fraction of sp³-hybridized carbons (Fsp3) is 0.238. The molecule has 1 atom stereocenters. The van der Waals surface area contributed by atoms with Crippen LogP contribution in [-0.4, -0.2) is 42.6 Å². The van der Waals surface area contributed by atoms with Gasteiger partial charge in [0, 0.05) is 5.70 Å². The summed E-state index contributed by atoms with van der Waals surface area (Å²) < 4.78 is 9.72. The van der Waals surface area contributed by atoms with Gasteiger partial charge in [0.15, 0.2) is 6.23 Å². The van der Waals surface area contributed by atoms with Gasteiger partial charge in [-0.15, -0.1) is 0 Å². The molecule has 0 unspecified atom stereocenters. The highest BCUT2D eigenvalue weighted by atomic mass is 16.5. The summed E-state index contributed by atoms with van der Waals surface area (Å²) in [5.41, 5.74) is 3.17. The quantitative estimate of drug-likeness (QED) is 0.789. The Labute approximate surface area is 163 Å². The van der Waals surface area contributed by atoms with Gasteiger partial charge in [-0.1, -0.05) is 60.7 Å². The van der Waals surface area contributed by atoms with E-state index in [9.17, 15) is 14.7 Å². The molecule has 2 N–H and O–H groups in total. The Morgan fingerprint density at radius 1 is 0.964 bits per heavy atom. The Kier molecular flexibility index (Phi) is 5.37. The molecule has 0 bridgehead atoms. The fourth-order valence-electron chi connectivity index (χ4n) is 3.77. The van der Waals surface area contributed by atoms with Crippen LogP contribution in [0.4, 0.5) is 4.79 Å². The van der Waals surface area contributed by atoms with Crippen molar-refractivity contribution in [3.63, 3.8) is 0 Å². The highest BCUT2D eigenvalue weighted by Gasteiger charge is 2.57. The van der Waals surface area contributed by atoms with Gasteiger partial charge in [-0.25, -0.2) is 15.0 Å². The number of amides is 1. The second-order valence-electron chi connectivity index (χ2n) is 6.34. The number of esters is 1. The lowest BCUT2D eigenvalue weighted by atomic mass is 9.69. The molecule has 7 nitrogen and oxygen atoms in total. The van der Waals surface area contributed by atoms with Crippen LogP contribution < -0.4 is 5.43 Å². The number of nitrogens with zero attached hydrogens (tertiary/aromatic N) is 1. The highest BCUT2D eigenvalue weighted by molar-refractivity contribution is 5.95. The van der Waals surface area contributed by atoms with Crippen LogP contribution in [0.5, 0.6) is 0 Å². The number of hydrazine groups is 1. The van der Waals surface area contributed by atoms with E-state index in [-0.39, 0.29) is 5.57 Å². The van der Waals surface area contributed by atoms with Crippen molar-refractivity contribution in [1.29, 1.82) is 0 Å². The van der Waals surface area contributed by atoms with E-state index in [1.54, 1.807) is 6.92 Å². The Hall–Kier alpha value is -3.32. The summed E-state index contributed by atoms with van der Waals surface area (Å²) in [6.07, 6.45) is -2.08. The second-order valence-corrected chi connectivity index (χ2v) is 6.34. The molecule has 0 fully saturated rings. The Bertz CT molecular complexity index is 856. The number of methoxy groups -OCH3 is 2. The predicted octanol–water partition coefficient (Wildman–Crippen LogP) is 2.32. The van der Waals surface area contributed by atoms with Crippen molar-refractivity contribution in [1.82, 2.24) is 10.4 Å². The van der Waals surface area contributed by atoms with Crippen molar-refractivity contribution in [2.45, 2.75) is 18.6 Å². The Morgan fingerprint density at radius 2 is 1.46 bits per heavy atom. The first-order chi connectivity index (χ1) is 13.5. The molecule has 146 valence electrons. The second kappa shape index (κ2) is 7.74. The molecule has 0 radical (unpaired) electrons. The first-order valence-corrected chi connectivity index (χ1v) is 8.71. The Morgan fingerprint density at radius 3 is 1.89 bits per heavy atom. The maximum absolute atomic E-state index is 12.9. The third kappa shape index (κ3) is 2.90. The number of hydrogen-bond donors (Lipinski definition) is 2. The number of carbonyl (C=O) groups is 2. The third-order valence-corrected chi connectivity index (χ3v) is 4.99. The van der Waals surface area contributed by atoms with Crippen molar-refractivity contribution in [3.05, 3.63) is 83.1 Å². The zero-order valence-electron chi connectivity index (χ0n) is 15.9. The molecule has 1 aliphatic heterocycles. The molecule has 0 spiro atoms. The molecule has 0 aliphatic carbocycles. The number of rotatable bonds is 4. The molecule has 0 saturated heterocycles. The standard InChI is InChI=1S/C21H22N2O5/c1-14-17(18(24)27-2)21(15-10-6-4-7-11-15,16-12-8-5-9-13-16)19(25)23(14)22-20(26)28-3/h4-13,19,25H,1-3H3,(H,22,26)/t19-/m0/s1. The van der Waals surface area contributed by atoms with Gasteiger partial charge in [0.05, 0.1) is 19.8 Å². The summed E-state index contributed by atoms with van der Waals surface area (Å²) >= 11 is 0. The Balaban J connectivity index is 2.33. The largest absolute Gasteiger partial charge is 0.466 e. The summed E-state index contributed by atoms with van der Waals surface area (Å²) in [7, 11) is 2.51. The lowest BCUT2D eigenvalue weighted by Crippen LogP contribution is -2.52.